The molecule has 1 saturated heterocycles. The molecule has 0 spiro atoms. The molecule has 1 aliphatic rings. The smallest absolute Gasteiger partial charge is 0.410 e. The van der Waals surface area contributed by atoms with Crippen molar-refractivity contribution in [2.75, 3.05) is 6.54 Å². The van der Waals surface area contributed by atoms with Crippen LogP contribution < -0.4 is 11.3 Å². The Morgan fingerprint density at radius 3 is 2.53 bits per heavy atom. The van der Waals surface area contributed by atoms with E-state index in [-0.39, 0.29) is 18.2 Å². The van der Waals surface area contributed by atoms with Crippen molar-refractivity contribution in [1.29, 1.82) is 0 Å². The lowest BCUT2D eigenvalue weighted by Gasteiger charge is -2.30. The summed E-state index contributed by atoms with van der Waals surface area (Å²) in [5.74, 6) is 5.98. The number of ether oxygens (including phenoxy) is 1. The van der Waals surface area contributed by atoms with Crippen LogP contribution in [0, 0.1) is 5.92 Å². The van der Waals surface area contributed by atoms with Crippen molar-refractivity contribution in [3.63, 3.8) is 0 Å². The maximum atomic E-state index is 12.2. The normalized spacial score (nSPS) is 29.5. The zero-order chi connectivity index (χ0) is 13.2. The van der Waals surface area contributed by atoms with Crippen molar-refractivity contribution in [2.24, 2.45) is 11.8 Å². The average Bonchev–Trinajstić information content (AvgIpc) is 2.40. The fourth-order valence-corrected chi connectivity index (χ4v) is 2.34. The third kappa shape index (κ3) is 3.57. The Hall–Kier alpha value is -0.810. The number of carbonyl (C=O) groups excluding carboxylic acids is 1. The second kappa shape index (κ2) is 5.23. The summed E-state index contributed by atoms with van der Waals surface area (Å²) in [7, 11) is 0. The first-order chi connectivity index (χ1) is 7.76. The number of quaternary nitrogens is 1. The van der Waals surface area contributed by atoms with E-state index in [4.69, 9.17) is 10.6 Å². The zero-order valence-electron chi connectivity index (χ0n) is 11.6. The van der Waals surface area contributed by atoms with Gasteiger partial charge in [-0.2, -0.15) is 5.84 Å². The molecule has 0 aliphatic carbocycles. The summed E-state index contributed by atoms with van der Waals surface area (Å²) in [6.45, 7) is 10.6. The van der Waals surface area contributed by atoms with Crippen molar-refractivity contribution < 1.29 is 15.0 Å². The van der Waals surface area contributed by atoms with E-state index >= 15 is 0 Å². The van der Waals surface area contributed by atoms with E-state index in [1.165, 1.54) is 0 Å². The number of carbonyl (C=O) groups is 1. The zero-order valence-corrected chi connectivity index (χ0v) is 11.6. The number of amides is 1. The molecule has 100 valence electrons. The molecule has 4 N–H and O–H groups in total. The van der Waals surface area contributed by atoms with Gasteiger partial charge in [-0.3, -0.25) is 10.3 Å². The maximum Gasteiger partial charge on any atom is 0.410 e. The van der Waals surface area contributed by atoms with Gasteiger partial charge in [-0.15, -0.1) is 0 Å². The Morgan fingerprint density at radius 2 is 2.06 bits per heavy atom. The Morgan fingerprint density at radius 1 is 1.47 bits per heavy atom. The molecule has 0 aromatic heterocycles. The van der Waals surface area contributed by atoms with Crippen LogP contribution >= 0.6 is 0 Å². The molecule has 0 bridgehead atoms. The van der Waals surface area contributed by atoms with E-state index in [0.29, 0.717) is 5.92 Å². The molecule has 0 saturated carbocycles. The number of likely N-dealkylation sites (tertiary alicyclic amines) is 1. The highest BCUT2D eigenvalue weighted by Gasteiger charge is 2.41. The third-order valence-electron chi connectivity index (χ3n) is 3.31. The standard InChI is InChI=1S/C12H25N3O2/c1-8-6-10(7-14-13)15(9(8)2)11(16)17-12(3,4)5/h8-10,14H,6-7,13H2,1-5H3/p+1/t8-,9-,10+/m1/s1. The molecule has 17 heavy (non-hydrogen) atoms. The monoisotopic (exact) mass is 244 g/mol. The Bertz CT molecular complexity index is 275. The molecule has 5 heteroatoms. The van der Waals surface area contributed by atoms with Gasteiger partial charge in [0, 0.05) is 6.04 Å². The van der Waals surface area contributed by atoms with Gasteiger partial charge < -0.3 is 4.74 Å². The molecule has 1 rings (SSSR count). The van der Waals surface area contributed by atoms with Gasteiger partial charge in [0.05, 0.1) is 6.04 Å². The van der Waals surface area contributed by atoms with Crippen LogP contribution in [0.25, 0.3) is 0 Å². The lowest BCUT2D eigenvalue weighted by molar-refractivity contribution is -0.670. The van der Waals surface area contributed by atoms with E-state index in [2.05, 4.69) is 13.8 Å². The van der Waals surface area contributed by atoms with Crippen LogP contribution in [0.5, 0.6) is 0 Å². The minimum Gasteiger partial charge on any atom is -0.444 e. The topological polar surface area (TPSA) is 72.2 Å². The SMILES string of the molecule is C[C@@H]1C[C@@H](C[NH2+]N)N(C(=O)OC(C)(C)C)[C@@H]1C. The molecule has 5 nitrogen and oxygen atoms in total. The molecule has 1 amide bonds. The summed E-state index contributed by atoms with van der Waals surface area (Å²) in [4.78, 5) is 14.0. The molecular formula is C12H26N3O2+. The molecule has 1 fully saturated rings. The fourth-order valence-electron chi connectivity index (χ4n) is 2.34. The first kappa shape index (κ1) is 14.3. The lowest BCUT2D eigenvalue weighted by atomic mass is 10.0. The van der Waals surface area contributed by atoms with Crippen LogP contribution in [0.15, 0.2) is 0 Å². The van der Waals surface area contributed by atoms with Crippen LogP contribution in [0.2, 0.25) is 0 Å². The van der Waals surface area contributed by atoms with Crippen LogP contribution in [0.1, 0.15) is 41.0 Å². The summed E-state index contributed by atoms with van der Waals surface area (Å²) < 4.78 is 5.45. The molecule has 3 atom stereocenters. The van der Waals surface area contributed by atoms with Gasteiger partial charge in [0.15, 0.2) is 0 Å². The highest BCUT2D eigenvalue weighted by Crippen LogP contribution is 2.30. The molecule has 0 aromatic rings. The Balaban J connectivity index is 2.74. The van der Waals surface area contributed by atoms with Crippen LogP contribution in [0.3, 0.4) is 0 Å². The first-order valence-corrected chi connectivity index (χ1v) is 6.31. The number of hydrogen-bond donors (Lipinski definition) is 2. The first-order valence-electron chi connectivity index (χ1n) is 6.31. The van der Waals surface area contributed by atoms with Gasteiger partial charge in [0.25, 0.3) is 0 Å². The summed E-state index contributed by atoms with van der Waals surface area (Å²) in [5, 5.41) is 0. The second-order valence-electron chi connectivity index (χ2n) is 5.97. The van der Waals surface area contributed by atoms with Crippen molar-refractivity contribution in [1.82, 2.24) is 4.90 Å². The predicted octanol–water partition coefficient (Wildman–Crippen LogP) is 0.458. The van der Waals surface area contributed by atoms with Crippen molar-refractivity contribution in [3.05, 3.63) is 0 Å². The van der Waals surface area contributed by atoms with E-state index in [1.54, 1.807) is 5.43 Å². The molecule has 0 unspecified atom stereocenters. The van der Waals surface area contributed by atoms with Crippen molar-refractivity contribution >= 4 is 6.09 Å². The number of nitrogens with two attached hydrogens (primary N) is 2. The van der Waals surface area contributed by atoms with Crippen LogP contribution in [-0.4, -0.2) is 35.2 Å². The highest BCUT2D eigenvalue weighted by molar-refractivity contribution is 5.69. The van der Waals surface area contributed by atoms with E-state index in [0.717, 1.165) is 13.0 Å². The van der Waals surface area contributed by atoms with Crippen molar-refractivity contribution in [3.8, 4) is 0 Å². The van der Waals surface area contributed by atoms with Gasteiger partial charge >= 0.3 is 6.09 Å². The largest absolute Gasteiger partial charge is 0.444 e. The number of hydrogen-bond acceptors (Lipinski definition) is 3. The van der Waals surface area contributed by atoms with Crippen LogP contribution in [0.4, 0.5) is 4.79 Å². The fraction of sp³-hybridized carbons (Fsp3) is 0.917. The minimum atomic E-state index is -0.445. The Kier molecular flexibility index (Phi) is 4.38. The summed E-state index contributed by atoms with van der Waals surface area (Å²) in [5.41, 5.74) is 1.19. The third-order valence-corrected chi connectivity index (χ3v) is 3.31. The summed E-state index contributed by atoms with van der Waals surface area (Å²) >= 11 is 0. The molecule has 0 aromatic carbocycles. The molecular weight excluding hydrogens is 218 g/mol. The van der Waals surface area contributed by atoms with E-state index < -0.39 is 5.60 Å². The molecule has 1 aliphatic heterocycles. The van der Waals surface area contributed by atoms with E-state index in [9.17, 15) is 4.79 Å². The quantitative estimate of drug-likeness (QED) is 0.547. The van der Waals surface area contributed by atoms with Gasteiger partial charge in [-0.1, -0.05) is 6.92 Å². The second-order valence-corrected chi connectivity index (χ2v) is 5.97. The molecule has 1 heterocycles. The Labute approximate surface area is 104 Å². The lowest BCUT2D eigenvalue weighted by Crippen LogP contribution is -2.93. The highest BCUT2D eigenvalue weighted by atomic mass is 16.6. The van der Waals surface area contributed by atoms with Crippen molar-refractivity contribution in [2.45, 2.75) is 58.7 Å². The minimum absolute atomic E-state index is 0.180. The van der Waals surface area contributed by atoms with Gasteiger partial charge in [-0.25, -0.2) is 4.79 Å². The van der Waals surface area contributed by atoms with Gasteiger partial charge in [0.2, 0.25) is 0 Å². The van der Waals surface area contributed by atoms with Gasteiger partial charge in [0.1, 0.15) is 12.1 Å². The average molecular weight is 244 g/mol. The predicted molar refractivity (Wildman–Crippen MR) is 66.1 cm³/mol. The number of nitrogens with zero attached hydrogens (tertiary/aromatic N) is 1. The molecule has 0 radical (unpaired) electrons. The summed E-state index contributed by atoms with van der Waals surface area (Å²) in [6.07, 6.45) is 0.773. The maximum absolute atomic E-state index is 12.2. The van der Waals surface area contributed by atoms with Crippen LogP contribution in [-0.2, 0) is 4.74 Å². The summed E-state index contributed by atoms with van der Waals surface area (Å²) in [6, 6.07) is 0.398. The van der Waals surface area contributed by atoms with Gasteiger partial charge in [-0.05, 0) is 40.0 Å². The number of rotatable bonds is 2. The van der Waals surface area contributed by atoms with E-state index in [1.807, 2.05) is 25.7 Å².